The third kappa shape index (κ3) is 2.90. The summed E-state index contributed by atoms with van der Waals surface area (Å²) in [4.78, 5) is 8.84. The lowest BCUT2D eigenvalue weighted by Crippen LogP contribution is -2.08. The summed E-state index contributed by atoms with van der Waals surface area (Å²) in [5.74, 6) is 2.25. The zero-order chi connectivity index (χ0) is 17.9. The summed E-state index contributed by atoms with van der Waals surface area (Å²) in [6.07, 6.45) is 5.45. The SMILES string of the molecule is COc1cccc(-c2nc3ccccc3n2C)c1OCCn1ccnc1. The smallest absolute Gasteiger partial charge is 0.172 e. The van der Waals surface area contributed by atoms with Gasteiger partial charge in [0.2, 0.25) is 0 Å². The van der Waals surface area contributed by atoms with Gasteiger partial charge in [0.25, 0.3) is 0 Å². The highest BCUT2D eigenvalue weighted by Gasteiger charge is 2.17. The molecule has 132 valence electrons. The summed E-state index contributed by atoms with van der Waals surface area (Å²) in [6.45, 7) is 1.22. The van der Waals surface area contributed by atoms with Crippen molar-refractivity contribution < 1.29 is 9.47 Å². The lowest BCUT2D eigenvalue weighted by molar-refractivity contribution is 0.280. The Bertz CT molecular complexity index is 1020. The van der Waals surface area contributed by atoms with Crippen molar-refractivity contribution in [2.24, 2.45) is 7.05 Å². The van der Waals surface area contributed by atoms with Crippen molar-refractivity contribution >= 4 is 11.0 Å². The van der Waals surface area contributed by atoms with Crippen LogP contribution in [0.2, 0.25) is 0 Å². The first-order valence-electron chi connectivity index (χ1n) is 8.45. The number of fused-ring (bicyclic) bond motifs is 1. The summed E-state index contributed by atoms with van der Waals surface area (Å²) in [7, 11) is 3.66. The largest absolute Gasteiger partial charge is 0.493 e. The third-order valence-electron chi connectivity index (χ3n) is 4.38. The van der Waals surface area contributed by atoms with Gasteiger partial charge in [-0.2, -0.15) is 0 Å². The minimum atomic E-state index is 0.508. The number of hydrogen-bond donors (Lipinski definition) is 0. The van der Waals surface area contributed by atoms with E-state index in [1.54, 1.807) is 19.6 Å². The summed E-state index contributed by atoms with van der Waals surface area (Å²) < 4.78 is 15.7. The second-order valence-corrected chi connectivity index (χ2v) is 5.97. The quantitative estimate of drug-likeness (QED) is 0.535. The Labute approximate surface area is 151 Å². The molecule has 0 unspecified atom stereocenters. The van der Waals surface area contributed by atoms with Crippen LogP contribution in [0.4, 0.5) is 0 Å². The summed E-state index contributed by atoms with van der Waals surface area (Å²) in [5.41, 5.74) is 2.94. The molecule has 0 aliphatic heterocycles. The van der Waals surface area contributed by atoms with Gasteiger partial charge in [-0.15, -0.1) is 0 Å². The van der Waals surface area contributed by atoms with E-state index in [1.807, 2.05) is 54.2 Å². The third-order valence-corrected chi connectivity index (χ3v) is 4.38. The van der Waals surface area contributed by atoms with E-state index < -0.39 is 0 Å². The van der Waals surface area contributed by atoms with Crippen LogP contribution in [0.15, 0.2) is 61.2 Å². The van der Waals surface area contributed by atoms with Crippen molar-refractivity contribution in [1.29, 1.82) is 0 Å². The van der Waals surface area contributed by atoms with Crippen LogP contribution in [0.1, 0.15) is 0 Å². The molecule has 6 heteroatoms. The van der Waals surface area contributed by atoms with Crippen LogP contribution in [0.3, 0.4) is 0 Å². The Hall–Kier alpha value is -3.28. The fourth-order valence-electron chi connectivity index (χ4n) is 3.06. The molecule has 0 saturated heterocycles. The summed E-state index contributed by atoms with van der Waals surface area (Å²) >= 11 is 0. The molecule has 0 N–H and O–H groups in total. The molecule has 2 aromatic heterocycles. The van der Waals surface area contributed by atoms with Gasteiger partial charge in [0.15, 0.2) is 11.5 Å². The van der Waals surface area contributed by atoms with E-state index in [0.717, 1.165) is 22.4 Å². The zero-order valence-corrected chi connectivity index (χ0v) is 14.8. The monoisotopic (exact) mass is 348 g/mol. The van der Waals surface area contributed by atoms with Crippen molar-refractivity contribution in [3.05, 3.63) is 61.2 Å². The Morgan fingerprint density at radius 1 is 1.08 bits per heavy atom. The molecule has 6 nitrogen and oxygen atoms in total. The van der Waals surface area contributed by atoms with Crippen LogP contribution in [0, 0.1) is 0 Å². The molecule has 0 aliphatic rings. The van der Waals surface area contributed by atoms with Gasteiger partial charge in [0.1, 0.15) is 12.4 Å². The van der Waals surface area contributed by atoms with Crippen LogP contribution in [-0.2, 0) is 13.6 Å². The maximum atomic E-state index is 6.11. The van der Waals surface area contributed by atoms with E-state index in [9.17, 15) is 0 Å². The number of hydrogen-bond acceptors (Lipinski definition) is 4. The van der Waals surface area contributed by atoms with Gasteiger partial charge in [-0.25, -0.2) is 9.97 Å². The lowest BCUT2D eigenvalue weighted by Gasteiger charge is -2.15. The Balaban J connectivity index is 1.71. The molecule has 4 rings (SSSR count). The number of rotatable bonds is 6. The number of para-hydroxylation sites is 3. The molecule has 4 aromatic rings. The number of aryl methyl sites for hydroxylation is 1. The lowest BCUT2D eigenvalue weighted by atomic mass is 10.1. The van der Waals surface area contributed by atoms with E-state index in [1.165, 1.54) is 0 Å². The van der Waals surface area contributed by atoms with E-state index in [0.29, 0.717) is 24.7 Å². The summed E-state index contributed by atoms with van der Waals surface area (Å²) in [6, 6.07) is 13.9. The van der Waals surface area contributed by atoms with Gasteiger partial charge in [-0.3, -0.25) is 0 Å². The second kappa shape index (κ2) is 6.92. The molecule has 26 heavy (non-hydrogen) atoms. The first kappa shape index (κ1) is 16.2. The van der Waals surface area contributed by atoms with E-state index in [2.05, 4.69) is 15.6 Å². The van der Waals surface area contributed by atoms with Crippen molar-refractivity contribution in [1.82, 2.24) is 19.1 Å². The van der Waals surface area contributed by atoms with E-state index in [-0.39, 0.29) is 0 Å². The standard InChI is InChI=1S/C20H20N4O2/c1-23-17-8-4-3-7-16(17)22-20(23)15-6-5-9-18(25-2)19(15)26-13-12-24-11-10-21-14-24/h3-11,14H,12-13H2,1-2H3. The van der Waals surface area contributed by atoms with Crippen molar-refractivity contribution in [2.45, 2.75) is 6.54 Å². The maximum absolute atomic E-state index is 6.11. The van der Waals surface area contributed by atoms with Gasteiger partial charge in [0.05, 0.1) is 36.6 Å². The predicted molar refractivity (Wildman–Crippen MR) is 100 cm³/mol. The van der Waals surface area contributed by atoms with Crippen LogP contribution in [0.5, 0.6) is 11.5 Å². The van der Waals surface area contributed by atoms with E-state index in [4.69, 9.17) is 14.5 Å². The Morgan fingerprint density at radius 2 is 1.96 bits per heavy atom. The highest BCUT2D eigenvalue weighted by Crippen LogP contribution is 2.38. The van der Waals surface area contributed by atoms with Gasteiger partial charge in [-0.05, 0) is 24.3 Å². The van der Waals surface area contributed by atoms with Crippen LogP contribution >= 0.6 is 0 Å². The molecule has 0 atom stereocenters. The number of aromatic nitrogens is 4. The number of ether oxygens (including phenoxy) is 2. The Morgan fingerprint density at radius 3 is 2.73 bits per heavy atom. The van der Waals surface area contributed by atoms with Gasteiger partial charge < -0.3 is 18.6 Å². The van der Waals surface area contributed by atoms with Crippen LogP contribution in [-0.4, -0.2) is 32.8 Å². The fourth-order valence-corrected chi connectivity index (χ4v) is 3.06. The van der Waals surface area contributed by atoms with Crippen molar-refractivity contribution in [3.63, 3.8) is 0 Å². The van der Waals surface area contributed by atoms with Crippen molar-refractivity contribution in [3.8, 4) is 22.9 Å². The molecule has 0 saturated carbocycles. The van der Waals surface area contributed by atoms with E-state index >= 15 is 0 Å². The number of benzene rings is 2. The fraction of sp³-hybridized carbons (Fsp3) is 0.200. The van der Waals surface area contributed by atoms with Gasteiger partial charge in [0, 0.05) is 19.4 Å². The number of nitrogens with zero attached hydrogens (tertiary/aromatic N) is 4. The molecule has 0 radical (unpaired) electrons. The molecular weight excluding hydrogens is 328 g/mol. The topological polar surface area (TPSA) is 54.1 Å². The molecule has 2 aromatic carbocycles. The molecule has 0 bridgehead atoms. The highest BCUT2D eigenvalue weighted by atomic mass is 16.5. The molecule has 0 aliphatic carbocycles. The molecule has 0 amide bonds. The number of imidazole rings is 2. The first-order chi connectivity index (χ1) is 12.8. The predicted octanol–water partition coefficient (Wildman–Crippen LogP) is 3.52. The highest BCUT2D eigenvalue weighted by molar-refractivity contribution is 5.82. The molecule has 2 heterocycles. The summed E-state index contributed by atoms with van der Waals surface area (Å²) in [5, 5.41) is 0. The van der Waals surface area contributed by atoms with Gasteiger partial charge >= 0.3 is 0 Å². The Kier molecular flexibility index (Phi) is 4.31. The van der Waals surface area contributed by atoms with Crippen molar-refractivity contribution in [2.75, 3.05) is 13.7 Å². The molecular formula is C20H20N4O2. The van der Waals surface area contributed by atoms with Crippen LogP contribution in [0.25, 0.3) is 22.4 Å². The molecule has 0 spiro atoms. The molecule has 0 fully saturated rings. The van der Waals surface area contributed by atoms with Crippen LogP contribution < -0.4 is 9.47 Å². The number of methoxy groups -OCH3 is 1. The maximum Gasteiger partial charge on any atom is 0.172 e. The minimum Gasteiger partial charge on any atom is -0.493 e. The first-order valence-corrected chi connectivity index (χ1v) is 8.45. The average molecular weight is 348 g/mol. The minimum absolute atomic E-state index is 0.508. The second-order valence-electron chi connectivity index (χ2n) is 5.97. The normalized spacial score (nSPS) is 11.0. The zero-order valence-electron chi connectivity index (χ0n) is 14.8. The average Bonchev–Trinajstić information content (AvgIpc) is 3.30. The van der Waals surface area contributed by atoms with Gasteiger partial charge in [-0.1, -0.05) is 18.2 Å².